The minimum atomic E-state index is -0.994. The van der Waals surface area contributed by atoms with Crippen molar-refractivity contribution in [2.45, 2.75) is 12.8 Å². The van der Waals surface area contributed by atoms with Gasteiger partial charge < -0.3 is 25.1 Å². The third-order valence-corrected chi connectivity index (χ3v) is 5.63. The topological polar surface area (TPSA) is 143 Å². The first-order valence-corrected chi connectivity index (χ1v) is 10.3. The van der Waals surface area contributed by atoms with Crippen molar-refractivity contribution in [2.75, 3.05) is 23.3 Å². The van der Waals surface area contributed by atoms with Gasteiger partial charge in [-0.2, -0.15) is 5.10 Å². The Balaban J connectivity index is 1.23. The summed E-state index contributed by atoms with van der Waals surface area (Å²) in [7, 11) is 0. The van der Waals surface area contributed by atoms with Crippen LogP contribution >= 0.6 is 0 Å². The van der Waals surface area contributed by atoms with E-state index < -0.39 is 11.9 Å². The number of aliphatic carboxylic acids is 1. The largest absolute Gasteiger partial charge is 0.550 e. The number of nitrogens with one attached hydrogen (secondary N) is 3. The predicted octanol–water partition coefficient (Wildman–Crippen LogP) is 1.57. The Morgan fingerprint density at radius 2 is 1.94 bits per heavy atom. The summed E-state index contributed by atoms with van der Waals surface area (Å²) in [4.78, 5) is 37.7. The van der Waals surface area contributed by atoms with Gasteiger partial charge in [0.15, 0.2) is 11.6 Å². The Hall–Kier alpha value is -4.21. The number of anilines is 2. The van der Waals surface area contributed by atoms with Crippen LogP contribution in [0.2, 0.25) is 0 Å². The molecule has 5 rings (SSSR count). The number of carboxylic acids is 1. The van der Waals surface area contributed by atoms with Gasteiger partial charge in [-0.25, -0.2) is 9.97 Å². The summed E-state index contributed by atoms with van der Waals surface area (Å²) < 4.78 is 0. The number of para-hydroxylation sites is 2. The van der Waals surface area contributed by atoms with Crippen molar-refractivity contribution in [3.8, 4) is 11.5 Å². The highest BCUT2D eigenvalue weighted by molar-refractivity contribution is 6.03. The van der Waals surface area contributed by atoms with Gasteiger partial charge in [0.25, 0.3) is 5.91 Å². The molecule has 162 valence electrons. The number of nitrogens with zero attached hydrogens (tertiary/aromatic N) is 4. The highest BCUT2D eigenvalue weighted by Crippen LogP contribution is 2.23. The molecule has 0 saturated carbocycles. The summed E-state index contributed by atoms with van der Waals surface area (Å²) in [5, 5.41) is 20.8. The molecule has 1 amide bonds. The molecule has 32 heavy (non-hydrogen) atoms. The number of hydrogen-bond donors (Lipinski definition) is 3. The van der Waals surface area contributed by atoms with E-state index in [-0.39, 0.29) is 5.91 Å². The van der Waals surface area contributed by atoms with Crippen LogP contribution < -0.4 is 15.3 Å². The number of H-pyrrole nitrogens is 2. The number of aromatic amines is 2. The zero-order valence-electron chi connectivity index (χ0n) is 17.0. The van der Waals surface area contributed by atoms with Crippen molar-refractivity contribution in [1.29, 1.82) is 0 Å². The average molecular weight is 430 g/mol. The fourth-order valence-electron chi connectivity index (χ4n) is 3.83. The van der Waals surface area contributed by atoms with Gasteiger partial charge in [-0.05, 0) is 37.1 Å². The van der Waals surface area contributed by atoms with Gasteiger partial charge in [0.2, 0.25) is 0 Å². The van der Waals surface area contributed by atoms with Gasteiger partial charge in [-0.3, -0.25) is 9.89 Å². The SMILES string of the molecule is O=C(Nc1cc(-c2nc3ccccc3[nH]2)[nH]n1)c1ccc(N2CCC(C(=O)[O-])CC2)nc1. The lowest BCUT2D eigenvalue weighted by Crippen LogP contribution is -2.41. The molecule has 1 aliphatic heterocycles. The third-order valence-electron chi connectivity index (χ3n) is 5.63. The minimum Gasteiger partial charge on any atom is -0.550 e. The normalized spacial score (nSPS) is 14.6. The number of amides is 1. The molecule has 4 aromatic rings. The van der Waals surface area contributed by atoms with E-state index in [1.807, 2.05) is 29.2 Å². The molecule has 0 unspecified atom stereocenters. The first kappa shape index (κ1) is 19.7. The fraction of sp³-hybridized carbons (Fsp3) is 0.227. The second-order valence-corrected chi connectivity index (χ2v) is 7.71. The van der Waals surface area contributed by atoms with Crippen LogP contribution in [0.5, 0.6) is 0 Å². The van der Waals surface area contributed by atoms with E-state index in [2.05, 4.69) is 30.5 Å². The third kappa shape index (κ3) is 3.89. The number of aromatic nitrogens is 5. The van der Waals surface area contributed by atoms with E-state index in [9.17, 15) is 14.7 Å². The molecule has 10 nitrogen and oxygen atoms in total. The van der Waals surface area contributed by atoms with E-state index in [4.69, 9.17) is 0 Å². The van der Waals surface area contributed by atoms with Crippen LogP contribution in [-0.4, -0.2) is 50.1 Å². The number of imidazole rings is 1. The highest BCUT2D eigenvalue weighted by atomic mass is 16.4. The maximum absolute atomic E-state index is 12.6. The van der Waals surface area contributed by atoms with E-state index in [0.717, 1.165) is 11.0 Å². The molecule has 0 aliphatic carbocycles. The molecule has 4 heterocycles. The Kier molecular flexibility index (Phi) is 5.02. The van der Waals surface area contributed by atoms with Crippen LogP contribution in [0.3, 0.4) is 0 Å². The maximum Gasteiger partial charge on any atom is 0.258 e. The number of pyridine rings is 1. The number of carbonyl (C=O) groups excluding carboxylic acids is 2. The van der Waals surface area contributed by atoms with Gasteiger partial charge in [0.1, 0.15) is 11.5 Å². The maximum atomic E-state index is 12.6. The van der Waals surface area contributed by atoms with Crippen LogP contribution in [0, 0.1) is 5.92 Å². The van der Waals surface area contributed by atoms with E-state index >= 15 is 0 Å². The number of hydrogen-bond acceptors (Lipinski definition) is 7. The summed E-state index contributed by atoms with van der Waals surface area (Å²) >= 11 is 0. The van der Waals surface area contributed by atoms with Gasteiger partial charge in [0, 0.05) is 37.2 Å². The first-order valence-electron chi connectivity index (χ1n) is 10.3. The molecule has 3 aromatic heterocycles. The molecule has 1 fully saturated rings. The molecule has 0 bridgehead atoms. The number of piperidine rings is 1. The van der Waals surface area contributed by atoms with E-state index in [1.54, 1.807) is 18.2 Å². The van der Waals surface area contributed by atoms with Crippen LogP contribution in [0.4, 0.5) is 11.6 Å². The van der Waals surface area contributed by atoms with E-state index in [0.29, 0.717) is 54.6 Å². The lowest BCUT2D eigenvalue weighted by molar-refractivity contribution is -0.312. The zero-order valence-corrected chi connectivity index (χ0v) is 17.0. The van der Waals surface area contributed by atoms with Crippen LogP contribution in [-0.2, 0) is 4.79 Å². The van der Waals surface area contributed by atoms with Crippen molar-refractivity contribution >= 4 is 34.5 Å². The molecule has 1 saturated heterocycles. The number of carbonyl (C=O) groups is 2. The monoisotopic (exact) mass is 430 g/mol. The smallest absolute Gasteiger partial charge is 0.258 e. The molecule has 1 aromatic carbocycles. The Morgan fingerprint density at radius 1 is 1.12 bits per heavy atom. The minimum absolute atomic E-state index is 0.331. The second-order valence-electron chi connectivity index (χ2n) is 7.71. The number of benzene rings is 1. The standard InChI is InChI=1S/C22H21N7O3/c30-21(14-5-6-19(23-12-14)29-9-7-13(8-10-29)22(31)32)26-18-11-17(27-28-18)20-24-15-3-1-2-4-16(15)25-20/h1-6,11-13H,7-10H2,(H,24,25)(H,31,32)(H2,26,27,28,30)/p-1. The summed E-state index contributed by atoms with van der Waals surface area (Å²) in [5.41, 5.74) is 2.81. The molecule has 1 aliphatic rings. The van der Waals surface area contributed by atoms with Crippen LogP contribution in [0.1, 0.15) is 23.2 Å². The van der Waals surface area contributed by atoms with Crippen molar-refractivity contribution in [1.82, 2.24) is 25.1 Å². The fourth-order valence-corrected chi connectivity index (χ4v) is 3.83. The molecule has 0 atom stereocenters. The summed E-state index contributed by atoms with van der Waals surface area (Å²) in [5.74, 6) is -0.0136. The van der Waals surface area contributed by atoms with Crippen molar-refractivity contribution < 1.29 is 14.7 Å². The lowest BCUT2D eigenvalue weighted by Gasteiger charge is -2.33. The Labute approximate surface area is 182 Å². The van der Waals surface area contributed by atoms with Gasteiger partial charge in [0.05, 0.1) is 16.6 Å². The average Bonchev–Trinajstić information content (AvgIpc) is 3.46. The predicted molar refractivity (Wildman–Crippen MR) is 116 cm³/mol. The number of fused-ring (bicyclic) bond motifs is 1. The van der Waals surface area contributed by atoms with Crippen LogP contribution in [0.15, 0.2) is 48.7 Å². The lowest BCUT2D eigenvalue weighted by atomic mass is 9.97. The van der Waals surface area contributed by atoms with Gasteiger partial charge in [-0.1, -0.05) is 12.1 Å². The van der Waals surface area contributed by atoms with Gasteiger partial charge in [-0.15, -0.1) is 0 Å². The molecule has 10 heteroatoms. The van der Waals surface area contributed by atoms with Crippen LogP contribution in [0.25, 0.3) is 22.6 Å². The summed E-state index contributed by atoms with van der Waals surface area (Å²) in [6, 6.07) is 12.9. The second kappa shape index (κ2) is 8.14. The van der Waals surface area contributed by atoms with Crippen molar-refractivity contribution in [2.24, 2.45) is 5.92 Å². The molecule has 3 N–H and O–H groups in total. The number of rotatable bonds is 5. The first-order chi connectivity index (χ1) is 15.6. The summed E-state index contributed by atoms with van der Waals surface area (Å²) in [6.45, 7) is 1.18. The van der Waals surface area contributed by atoms with Gasteiger partial charge >= 0.3 is 0 Å². The molecule has 0 spiro atoms. The van der Waals surface area contributed by atoms with E-state index in [1.165, 1.54) is 6.20 Å². The van der Waals surface area contributed by atoms with Crippen molar-refractivity contribution in [3.63, 3.8) is 0 Å². The Bertz CT molecular complexity index is 1240. The molecule has 0 radical (unpaired) electrons. The molecular weight excluding hydrogens is 410 g/mol. The molecular formula is C22H20N7O3-. The van der Waals surface area contributed by atoms with Crippen molar-refractivity contribution in [3.05, 3.63) is 54.2 Å². The Morgan fingerprint density at radius 3 is 2.66 bits per heavy atom. The highest BCUT2D eigenvalue weighted by Gasteiger charge is 2.21. The number of carboxylic acid groups (broad SMARTS) is 1. The summed E-state index contributed by atoms with van der Waals surface area (Å²) in [6.07, 6.45) is 2.56. The zero-order chi connectivity index (χ0) is 22.1. The quantitative estimate of drug-likeness (QED) is 0.436.